The Morgan fingerprint density at radius 3 is 2.58 bits per heavy atom. The lowest BCUT2D eigenvalue weighted by Gasteiger charge is -2.41. The van der Waals surface area contributed by atoms with E-state index in [2.05, 4.69) is 16.3 Å². The van der Waals surface area contributed by atoms with E-state index in [1.807, 2.05) is 56.9 Å². The fraction of sp³-hybridized carbons (Fsp3) is 0.423. The van der Waals surface area contributed by atoms with E-state index in [9.17, 15) is 13.2 Å². The fourth-order valence-corrected chi connectivity index (χ4v) is 6.05. The minimum atomic E-state index is -3.38. The summed E-state index contributed by atoms with van der Waals surface area (Å²) in [6.45, 7) is 9.43. The molecule has 1 N–H and O–H groups in total. The number of hydrogen-bond donors (Lipinski definition) is 1. The highest BCUT2D eigenvalue weighted by Crippen LogP contribution is 2.32. The number of alkyl carbamates (subject to hydrolysis) is 1. The molecule has 9 nitrogen and oxygen atoms in total. The van der Waals surface area contributed by atoms with E-state index < -0.39 is 21.5 Å². The van der Waals surface area contributed by atoms with Crippen LogP contribution in [0.3, 0.4) is 0 Å². The summed E-state index contributed by atoms with van der Waals surface area (Å²) in [5.41, 5.74) is 2.08. The molecule has 2 aliphatic rings. The Morgan fingerprint density at radius 1 is 1.08 bits per heavy atom. The smallest absolute Gasteiger partial charge is 0.407 e. The molecule has 0 saturated carbocycles. The summed E-state index contributed by atoms with van der Waals surface area (Å²) in [6, 6.07) is 13.1. The van der Waals surface area contributed by atoms with E-state index in [0.717, 1.165) is 27.8 Å². The summed E-state index contributed by atoms with van der Waals surface area (Å²) in [7, 11) is -3.38. The Hall–Kier alpha value is -3.40. The maximum Gasteiger partial charge on any atom is 0.407 e. The molecule has 2 aliphatic heterocycles. The number of carbonyl (C=O) groups excluding carboxylic acids is 1. The summed E-state index contributed by atoms with van der Waals surface area (Å²) in [4.78, 5) is 26.3. The van der Waals surface area contributed by atoms with Gasteiger partial charge in [0.05, 0.1) is 22.2 Å². The van der Waals surface area contributed by atoms with Crippen LogP contribution < -0.4 is 15.1 Å². The first-order valence-corrected chi connectivity index (χ1v) is 13.7. The third-order valence-electron chi connectivity index (χ3n) is 6.30. The molecule has 0 unspecified atom stereocenters. The minimum absolute atomic E-state index is 0.000237. The Balaban J connectivity index is 1.44. The largest absolute Gasteiger partial charge is 0.444 e. The molecule has 3 aromatic rings. The number of nitrogens with zero attached hydrogens (tertiary/aromatic N) is 4. The van der Waals surface area contributed by atoms with Crippen LogP contribution in [0.5, 0.6) is 0 Å². The average Bonchev–Trinajstić information content (AvgIpc) is 2.90. The first kappa shape index (κ1) is 24.3. The Labute approximate surface area is 211 Å². The van der Waals surface area contributed by atoms with Gasteiger partial charge in [0.15, 0.2) is 9.84 Å². The monoisotopic (exact) mass is 509 g/mol. The molecular weight excluding hydrogens is 478 g/mol. The van der Waals surface area contributed by atoms with Crippen LogP contribution in [0.4, 0.5) is 16.6 Å². The van der Waals surface area contributed by atoms with E-state index >= 15 is 0 Å². The van der Waals surface area contributed by atoms with E-state index in [1.165, 1.54) is 0 Å². The fourth-order valence-electron chi connectivity index (χ4n) is 4.55. The standard InChI is InChI=1S/C26H31N5O4S/c1-17-9-10-21-20(13-17)23(31-15-19(16-31)27-25(32)35-26(2,3)4)29-24(28-21)30-11-12-36(33,34)22-8-6-5-7-18(22)14-30/h5-10,13,19H,11-12,14-16H2,1-4H3,(H,27,32). The van der Waals surface area contributed by atoms with Crippen molar-refractivity contribution in [3.05, 3.63) is 53.6 Å². The molecule has 0 bridgehead atoms. The number of nitrogens with one attached hydrogen (secondary N) is 1. The SMILES string of the molecule is Cc1ccc2nc(N3CCS(=O)(=O)c4ccccc4C3)nc(N3CC(NC(=O)OC(C)(C)C)C3)c2c1. The number of fused-ring (bicyclic) bond motifs is 2. The average molecular weight is 510 g/mol. The van der Waals surface area contributed by atoms with Crippen molar-refractivity contribution in [3.63, 3.8) is 0 Å². The van der Waals surface area contributed by atoms with Gasteiger partial charge in [-0.2, -0.15) is 4.98 Å². The van der Waals surface area contributed by atoms with E-state index in [0.29, 0.717) is 37.0 Å². The second kappa shape index (κ2) is 8.92. The highest BCUT2D eigenvalue weighted by Gasteiger charge is 2.33. The van der Waals surface area contributed by atoms with Crippen LogP contribution in [0, 0.1) is 6.92 Å². The zero-order valence-electron chi connectivity index (χ0n) is 21.0. The molecule has 190 valence electrons. The molecular formula is C26H31N5O4S. The normalized spacial score (nSPS) is 17.8. The van der Waals surface area contributed by atoms with Gasteiger partial charge in [-0.25, -0.2) is 18.2 Å². The summed E-state index contributed by atoms with van der Waals surface area (Å²) in [6.07, 6.45) is -0.430. The van der Waals surface area contributed by atoms with E-state index in [4.69, 9.17) is 14.7 Å². The molecule has 10 heteroatoms. The van der Waals surface area contributed by atoms with E-state index in [-0.39, 0.29) is 11.8 Å². The maximum atomic E-state index is 12.8. The highest BCUT2D eigenvalue weighted by molar-refractivity contribution is 7.91. The number of carbonyl (C=O) groups is 1. The Kier molecular flexibility index (Phi) is 6.02. The van der Waals surface area contributed by atoms with Gasteiger partial charge in [0.2, 0.25) is 5.95 Å². The van der Waals surface area contributed by atoms with Crippen LogP contribution in [0.15, 0.2) is 47.4 Å². The molecule has 36 heavy (non-hydrogen) atoms. The maximum absolute atomic E-state index is 12.8. The van der Waals surface area contributed by atoms with Crippen molar-refractivity contribution >= 4 is 38.6 Å². The topological polar surface area (TPSA) is 105 Å². The molecule has 0 radical (unpaired) electrons. The number of ether oxygens (including phenoxy) is 1. The molecule has 1 fully saturated rings. The van der Waals surface area contributed by atoms with Crippen molar-refractivity contribution in [2.75, 3.05) is 35.2 Å². The van der Waals surface area contributed by atoms with Crippen LogP contribution in [0.25, 0.3) is 10.9 Å². The van der Waals surface area contributed by atoms with Crippen LogP contribution in [0.2, 0.25) is 0 Å². The van der Waals surface area contributed by atoms with Gasteiger partial charge in [-0.05, 0) is 51.5 Å². The molecule has 5 rings (SSSR count). The molecule has 0 aliphatic carbocycles. The van der Waals surface area contributed by atoms with Gasteiger partial charge in [0, 0.05) is 31.6 Å². The van der Waals surface area contributed by atoms with Crippen molar-refractivity contribution in [2.24, 2.45) is 0 Å². The lowest BCUT2D eigenvalue weighted by atomic mass is 10.1. The number of rotatable bonds is 3. The second-order valence-corrected chi connectivity index (χ2v) is 12.5. The van der Waals surface area contributed by atoms with Gasteiger partial charge < -0.3 is 19.9 Å². The number of hydrogen-bond acceptors (Lipinski definition) is 8. The summed E-state index contributed by atoms with van der Waals surface area (Å²) >= 11 is 0. The van der Waals surface area contributed by atoms with Gasteiger partial charge in [-0.15, -0.1) is 0 Å². The minimum Gasteiger partial charge on any atom is -0.444 e. The van der Waals surface area contributed by atoms with Crippen molar-refractivity contribution in [3.8, 4) is 0 Å². The quantitative estimate of drug-likeness (QED) is 0.573. The first-order valence-electron chi connectivity index (χ1n) is 12.1. The van der Waals surface area contributed by atoms with Crippen LogP contribution in [-0.2, 0) is 21.1 Å². The Bertz CT molecular complexity index is 1430. The van der Waals surface area contributed by atoms with Crippen LogP contribution in [0.1, 0.15) is 31.9 Å². The van der Waals surface area contributed by atoms with Crippen molar-refractivity contribution in [1.29, 1.82) is 0 Å². The lowest BCUT2D eigenvalue weighted by Crippen LogP contribution is -2.60. The third-order valence-corrected chi connectivity index (χ3v) is 8.09. The third kappa shape index (κ3) is 4.95. The zero-order chi connectivity index (χ0) is 25.7. The zero-order valence-corrected chi connectivity index (χ0v) is 21.8. The van der Waals surface area contributed by atoms with Gasteiger partial charge in [0.1, 0.15) is 11.4 Å². The molecule has 0 atom stereocenters. The molecule has 1 saturated heterocycles. The summed E-state index contributed by atoms with van der Waals surface area (Å²) in [5.74, 6) is 1.28. The summed E-state index contributed by atoms with van der Waals surface area (Å²) in [5, 5.41) is 3.84. The highest BCUT2D eigenvalue weighted by atomic mass is 32.2. The number of aromatic nitrogens is 2. The molecule has 1 amide bonds. The van der Waals surface area contributed by atoms with Crippen LogP contribution >= 0.6 is 0 Å². The number of benzene rings is 2. The molecule has 3 heterocycles. The molecule has 0 spiro atoms. The molecule has 1 aromatic heterocycles. The predicted octanol–water partition coefficient (Wildman–Crippen LogP) is 3.45. The Morgan fingerprint density at radius 2 is 1.83 bits per heavy atom. The molecule has 2 aromatic carbocycles. The number of anilines is 2. The number of aryl methyl sites for hydroxylation is 1. The van der Waals surface area contributed by atoms with Gasteiger partial charge in [-0.3, -0.25) is 0 Å². The van der Waals surface area contributed by atoms with Crippen molar-refractivity contribution in [1.82, 2.24) is 15.3 Å². The lowest BCUT2D eigenvalue weighted by molar-refractivity contribution is 0.0496. The first-order chi connectivity index (χ1) is 17.0. The van der Waals surface area contributed by atoms with Gasteiger partial charge in [0.25, 0.3) is 0 Å². The van der Waals surface area contributed by atoms with Crippen LogP contribution in [-0.4, -0.2) is 61.5 Å². The number of amides is 1. The summed E-state index contributed by atoms with van der Waals surface area (Å²) < 4.78 is 31.1. The van der Waals surface area contributed by atoms with Gasteiger partial charge >= 0.3 is 6.09 Å². The van der Waals surface area contributed by atoms with Crippen molar-refractivity contribution < 1.29 is 17.9 Å². The van der Waals surface area contributed by atoms with E-state index in [1.54, 1.807) is 12.1 Å². The second-order valence-electron chi connectivity index (χ2n) is 10.5. The van der Waals surface area contributed by atoms with Crippen molar-refractivity contribution in [2.45, 2.75) is 50.8 Å². The predicted molar refractivity (Wildman–Crippen MR) is 139 cm³/mol. The van der Waals surface area contributed by atoms with Gasteiger partial charge in [-0.1, -0.05) is 29.8 Å². The number of sulfone groups is 1.